The molecular weight excluding hydrogens is 614 g/mol. The van der Waals surface area contributed by atoms with E-state index in [1.54, 1.807) is 19.3 Å². The molecule has 0 radical (unpaired) electrons. The van der Waals surface area contributed by atoms with Crippen molar-refractivity contribution >= 4 is 28.7 Å². The molecule has 1 aliphatic rings. The zero-order valence-electron chi connectivity index (χ0n) is 27.9. The van der Waals surface area contributed by atoms with Gasteiger partial charge in [-0.2, -0.15) is 0 Å². The maximum absolute atomic E-state index is 12.5. The summed E-state index contributed by atoms with van der Waals surface area (Å²) in [6.45, 7) is 7.32. The normalized spacial score (nSPS) is 16.9. The van der Waals surface area contributed by atoms with Crippen LogP contribution in [-0.4, -0.2) is 62.6 Å². The quantitative estimate of drug-likeness (QED) is 0.0796. The molecule has 0 aromatic heterocycles. The van der Waals surface area contributed by atoms with Crippen molar-refractivity contribution in [2.45, 2.75) is 62.7 Å². The second-order valence-electron chi connectivity index (χ2n) is 12.4. The van der Waals surface area contributed by atoms with Crippen molar-refractivity contribution in [2.24, 2.45) is 0 Å². The van der Waals surface area contributed by atoms with Crippen molar-refractivity contribution in [3.63, 3.8) is 0 Å². The highest BCUT2D eigenvalue weighted by molar-refractivity contribution is 7.99. The molecule has 250 valence electrons. The van der Waals surface area contributed by atoms with Gasteiger partial charge in [0.25, 0.3) is 0 Å². The zero-order chi connectivity index (χ0) is 33.2. The zero-order valence-corrected chi connectivity index (χ0v) is 28.7. The fraction of sp³-hybridized carbons (Fsp3) is 0.395. The molecule has 2 atom stereocenters. The second-order valence-corrected chi connectivity index (χ2v) is 13.6. The maximum Gasteiger partial charge on any atom is 0.528 e. The summed E-state index contributed by atoms with van der Waals surface area (Å²) < 4.78 is 29.7. The summed E-state index contributed by atoms with van der Waals surface area (Å²) in [7, 11) is 3.34. The molecular formula is C38H45NO7S. The number of fused-ring (bicyclic) bond motifs is 1. The third kappa shape index (κ3) is 9.56. The van der Waals surface area contributed by atoms with Gasteiger partial charge in [0.2, 0.25) is 0 Å². The number of nitrogens with zero attached hydrogens (tertiary/aromatic N) is 1. The van der Waals surface area contributed by atoms with Gasteiger partial charge in [0, 0.05) is 39.4 Å². The number of carbonyl (C=O) groups excluding carboxylic acids is 1. The van der Waals surface area contributed by atoms with Crippen LogP contribution in [0.2, 0.25) is 0 Å². The Kier molecular flexibility index (Phi) is 11.9. The molecule has 0 spiro atoms. The number of hydroxylamine groups is 2. The van der Waals surface area contributed by atoms with Crippen LogP contribution < -0.4 is 14.2 Å². The van der Waals surface area contributed by atoms with E-state index in [1.807, 2.05) is 81.1 Å². The van der Waals surface area contributed by atoms with E-state index in [-0.39, 0.29) is 18.6 Å². The number of piperidine rings is 1. The van der Waals surface area contributed by atoms with E-state index >= 15 is 0 Å². The highest BCUT2D eigenvalue weighted by Gasteiger charge is 2.34. The molecule has 4 aromatic rings. The van der Waals surface area contributed by atoms with E-state index in [0.717, 1.165) is 57.7 Å². The third-order valence-corrected chi connectivity index (χ3v) is 9.00. The van der Waals surface area contributed by atoms with Gasteiger partial charge in [0.1, 0.15) is 22.8 Å². The minimum Gasteiger partial charge on any atom is -0.496 e. The molecule has 0 N–H and O–H groups in total. The van der Waals surface area contributed by atoms with Crippen LogP contribution in [0.5, 0.6) is 17.2 Å². The molecule has 8 nitrogen and oxygen atoms in total. The lowest BCUT2D eigenvalue weighted by atomic mass is 9.87. The van der Waals surface area contributed by atoms with E-state index in [4.69, 9.17) is 28.5 Å². The van der Waals surface area contributed by atoms with Gasteiger partial charge in [-0.1, -0.05) is 54.6 Å². The molecule has 1 saturated heterocycles. The lowest BCUT2D eigenvalue weighted by molar-refractivity contribution is -0.179. The standard InChI is InChI=1S/C38H45NO7S/c1-38(2,3)45-37(40)46-39-21-20-31(27-16-18-29(19-17-27)43-22-11-23-47-30-12-7-6-8-13-30)35(25-39)44-26-28-24-34(41-4)32-14-9-10-15-33(32)36(28)42-5/h6-10,12-19,24,31,35H,11,20-23,25-26H2,1-5H3. The van der Waals surface area contributed by atoms with Crippen molar-refractivity contribution in [3.8, 4) is 17.2 Å². The number of benzene rings is 4. The molecule has 0 amide bonds. The summed E-state index contributed by atoms with van der Waals surface area (Å²) >= 11 is 1.84. The predicted molar refractivity (Wildman–Crippen MR) is 186 cm³/mol. The highest BCUT2D eigenvalue weighted by Crippen LogP contribution is 2.38. The van der Waals surface area contributed by atoms with Gasteiger partial charge in [-0.05, 0) is 69.5 Å². The monoisotopic (exact) mass is 659 g/mol. The van der Waals surface area contributed by atoms with Crippen LogP contribution in [0.4, 0.5) is 4.79 Å². The molecule has 0 aliphatic carbocycles. The second kappa shape index (κ2) is 16.3. The topological polar surface area (TPSA) is 75.7 Å². The van der Waals surface area contributed by atoms with E-state index in [1.165, 1.54) is 4.90 Å². The Morgan fingerprint density at radius 1 is 0.915 bits per heavy atom. The van der Waals surface area contributed by atoms with Crippen LogP contribution in [0.15, 0.2) is 89.8 Å². The summed E-state index contributed by atoms with van der Waals surface area (Å²) in [6.07, 6.45) is 0.674. The lowest BCUT2D eigenvalue weighted by Crippen LogP contribution is -2.45. The molecule has 0 bridgehead atoms. The van der Waals surface area contributed by atoms with Crippen molar-refractivity contribution < 1.29 is 33.3 Å². The molecule has 5 rings (SSSR count). The molecule has 4 aromatic carbocycles. The lowest BCUT2D eigenvalue weighted by Gasteiger charge is -2.37. The predicted octanol–water partition coefficient (Wildman–Crippen LogP) is 8.66. The molecule has 0 saturated carbocycles. The largest absolute Gasteiger partial charge is 0.528 e. The Bertz CT molecular complexity index is 1590. The van der Waals surface area contributed by atoms with Gasteiger partial charge < -0.3 is 28.5 Å². The number of carbonyl (C=O) groups is 1. The first-order valence-electron chi connectivity index (χ1n) is 16.0. The molecule has 1 fully saturated rings. The minimum atomic E-state index is -0.723. The summed E-state index contributed by atoms with van der Waals surface area (Å²) in [6, 6.07) is 28.7. The Morgan fingerprint density at radius 3 is 2.34 bits per heavy atom. The van der Waals surface area contributed by atoms with Crippen LogP contribution in [-0.2, 0) is 20.9 Å². The fourth-order valence-corrected chi connectivity index (χ4v) is 6.59. The van der Waals surface area contributed by atoms with Gasteiger partial charge in [0.15, 0.2) is 0 Å². The number of ether oxygens (including phenoxy) is 5. The van der Waals surface area contributed by atoms with Crippen LogP contribution in [0.1, 0.15) is 50.7 Å². The van der Waals surface area contributed by atoms with Crippen LogP contribution in [0, 0.1) is 0 Å². The number of rotatable bonds is 13. The van der Waals surface area contributed by atoms with Gasteiger partial charge in [-0.3, -0.25) is 0 Å². The number of methoxy groups -OCH3 is 2. The van der Waals surface area contributed by atoms with Crippen molar-refractivity contribution in [3.05, 3.63) is 96.1 Å². The Balaban J connectivity index is 1.27. The molecule has 1 heterocycles. The summed E-state index contributed by atoms with van der Waals surface area (Å²) in [5.74, 6) is 3.41. The maximum atomic E-state index is 12.5. The molecule has 1 aliphatic heterocycles. The van der Waals surface area contributed by atoms with Gasteiger partial charge in [0.05, 0.1) is 40.1 Å². The molecule has 9 heteroatoms. The highest BCUT2D eigenvalue weighted by atomic mass is 32.2. The first kappa shape index (κ1) is 34.4. The summed E-state index contributed by atoms with van der Waals surface area (Å²) in [4.78, 5) is 19.4. The van der Waals surface area contributed by atoms with Gasteiger partial charge in [-0.25, -0.2) is 4.79 Å². The van der Waals surface area contributed by atoms with Crippen LogP contribution in [0.3, 0.4) is 0 Å². The van der Waals surface area contributed by atoms with Crippen molar-refractivity contribution in [1.29, 1.82) is 0 Å². The minimum absolute atomic E-state index is 0.0677. The molecule has 47 heavy (non-hydrogen) atoms. The first-order chi connectivity index (χ1) is 22.7. The van der Waals surface area contributed by atoms with Gasteiger partial charge in [-0.15, -0.1) is 16.8 Å². The van der Waals surface area contributed by atoms with E-state index in [9.17, 15) is 4.79 Å². The van der Waals surface area contributed by atoms with Crippen LogP contribution >= 0.6 is 11.8 Å². The fourth-order valence-electron chi connectivity index (χ4n) is 5.75. The smallest absolute Gasteiger partial charge is 0.496 e. The number of hydrogen-bond acceptors (Lipinski definition) is 9. The summed E-state index contributed by atoms with van der Waals surface area (Å²) in [5.41, 5.74) is 1.37. The Labute approximate surface area is 282 Å². The number of hydrogen-bond donors (Lipinski definition) is 0. The molecule has 2 unspecified atom stereocenters. The van der Waals surface area contributed by atoms with Crippen molar-refractivity contribution in [1.82, 2.24) is 5.06 Å². The van der Waals surface area contributed by atoms with E-state index in [2.05, 4.69) is 36.4 Å². The Hall–Kier alpha value is -3.92. The van der Waals surface area contributed by atoms with Gasteiger partial charge >= 0.3 is 6.16 Å². The van der Waals surface area contributed by atoms with E-state index in [0.29, 0.717) is 19.7 Å². The summed E-state index contributed by atoms with van der Waals surface area (Å²) in [5, 5.41) is 3.57. The average Bonchev–Trinajstić information content (AvgIpc) is 3.06. The SMILES string of the molecule is COc1cc(COC2CN(OC(=O)OC(C)(C)C)CCC2c2ccc(OCCCSc3ccccc3)cc2)c(OC)c2ccccc12. The van der Waals surface area contributed by atoms with Crippen LogP contribution in [0.25, 0.3) is 10.8 Å². The Morgan fingerprint density at radius 2 is 1.64 bits per heavy atom. The van der Waals surface area contributed by atoms with E-state index < -0.39 is 11.8 Å². The average molecular weight is 660 g/mol. The third-order valence-electron chi connectivity index (χ3n) is 7.90. The first-order valence-corrected chi connectivity index (χ1v) is 17.0. The number of thioether (sulfide) groups is 1. The van der Waals surface area contributed by atoms with Crippen molar-refractivity contribution in [2.75, 3.05) is 39.7 Å².